The van der Waals surface area contributed by atoms with Gasteiger partial charge in [0.2, 0.25) is 5.91 Å². The summed E-state index contributed by atoms with van der Waals surface area (Å²) in [5, 5.41) is 3.03. The van der Waals surface area contributed by atoms with Crippen LogP contribution in [0.15, 0.2) is 60.8 Å². The molecule has 0 aromatic heterocycles. The zero-order valence-electron chi connectivity index (χ0n) is 51.4. The molecule has 0 aliphatic heterocycles. The summed E-state index contributed by atoms with van der Waals surface area (Å²) in [6, 6.07) is -0.891. The van der Waals surface area contributed by atoms with E-state index in [1.807, 2.05) is 33.3 Å². The zero-order valence-corrected chi connectivity index (χ0v) is 52.3. The van der Waals surface area contributed by atoms with Crippen molar-refractivity contribution in [3.8, 4) is 0 Å². The van der Waals surface area contributed by atoms with Crippen LogP contribution in [0.1, 0.15) is 303 Å². The fourth-order valence-corrected chi connectivity index (χ4v) is 10.1. The summed E-state index contributed by atoms with van der Waals surface area (Å²) in [6.45, 7) is 6.81. The molecule has 0 aromatic carbocycles. The summed E-state index contributed by atoms with van der Waals surface area (Å²) < 4.78 is 30.3. The van der Waals surface area contributed by atoms with E-state index in [9.17, 15) is 19.0 Å². The molecule has 0 bridgehead atoms. The molecule has 77 heavy (non-hydrogen) atoms. The molecule has 0 saturated heterocycles. The van der Waals surface area contributed by atoms with Crippen LogP contribution in [0, 0.1) is 0 Å². The van der Waals surface area contributed by atoms with Gasteiger partial charge < -0.3 is 28.5 Å². The molecule has 0 aromatic rings. The van der Waals surface area contributed by atoms with Crippen LogP contribution in [-0.2, 0) is 27.9 Å². The van der Waals surface area contributed by atoms with Gasteiger partial charge in [0.25, 0.3) is 7.82 Å². The van der Waals surface area contributed by atoms with E-state index >= 15 is 0 Å². The molecule has 0 spiro atoms. The van der Waals surface area contributed by atoms with E-state index < -0.39 is 20.0 Å². The van der Waals surface area contributed by atoms with E-state index in [0.717, 1.165) is 83.5 Å². The van der Waals surface area contributed by atoms with Gasteiger partial charge in [-0.25, -0.2) is 0 Å². The average Bonchev–Trinajstić information content (AvgIpc) is 3.39. The van der Waals surface area contributed by atoms with Crippen molar-refractivity contribution in [2.24, 2.45) is 0 Å². The number of hydrogen-bond acceptors (Lipinski definition) is 7. The predicted octanol–water partition coefficient (Wildman–Crippen LogP) is 19.6. The molecule has 450 valence electrons. The van der Waals surface area contributed by atoms with Crippen molar-refractivity contribution in [3.63, 3.8) is 0 Å². The third-order valence-corrected chi connectivity index (χ3v) is 15.4. The van der Waals surface area contributed by atoms with Crippen molar-refractivity contribution >= 4 is 19.7 Å². The lowest BCUT2D eigenvalue weighted by molar-refractivity contribution is -0.870. The number of phosphoric acid groups is 1. The van der Waals surface area contributed by atoms with Gasteiger partial charge in [0, 0.05) is 12.8 Å². The van der Waals surface area contributed by atoms with E-state index in [2.05, 4.69) is 74.7 Å². The second kappa shape index (κ2) is 57.0. The van der Waals surface area contributed by atoms with E-state index in [-0.39, 0.29) is 31.5 Å². The van der Waals surface area contributed by atoms with Crippen molar-refractivity contribution in [2.45, 2.75) is 315 Å². The molecule has 1 N–H and O–H groups in total. The summed E-state index contributed by atoms with van der Waals surface area (Å²) >= 11 is 0. The summed E-state index contributed by atoms with van der Waals surface area (Å²) in [7, 11) is 1.18. The van der Waals surface area contributed by atoms with Gasteiger partial charge in [0.15, 0.2) is 0 Å². The topological polar surface area (TPSA) is 114 Å². The number of nitrogens with zero attached hydrogens (tertiary/aromatic N) is 1. The first kappa shape index (κ1) is 74.7. The Morgan fingerprint density at radius 1 is 0.455 bits per heavy atom. The first-order valence-corrected chi connectivity index (χ1v) is 34.1. The number of nitrogens with one attached hydrogen (secondary N) is 1. The molecule has 1 amide bonds. The molecule has 10 heteroatoms. The van der Waals surface area contributed by atoms with Gasteiger partial charge in [-0.05, 0) is 96.0 Å². The van der Waals surface area contributed by atoms with Gasteiger partial charge in [0.05, 0.1) is 33.8 Å². The Balaban J connectivity index is 5.08. The number of unbranched alkanes of at least 4 members (excludes halogenated alkanes) is 35. The summed E-state index contributed by atoms with van der Waals surface area (Å²) in [5.41, 5.74) is 0. The fourth-order valence-electron chi connectivity index (χ4n) is 9.35. The maximum atomic E-state index is 13.5. The summed E-state index contributed by atoms with van der Waals surface area (Å²) in [5.74, 6) is -0.542. The fraction of sp³-hybridized carbons (Fsp3) is 0.821. The van der Waals surface area contributed by atoms with Gasteiger partial charge in [-0.1, -0.05) is 255 Å². The first-order chi connectivity index (χ1) is 37.4. The number of quaternary nitrogens is 1. The smallest absolute Gasteiger partial charge is 0.306 e. The number of amides is 1. The van der Waals surface area contributed by atoms with E-state index in [1.54, 1.807) is 0 Å². The second-order valence-corrected chi connectivity index (χ2v) is 24.7. The van der Waals surface area contributed by atoms with Crippen molar-refractivity contribution < 1.29 is 37.3 Å². The molecular formula is C67H125N2O7P. The van der Waals surface area contributed by atoms with Gasteiger partial charge in [0.1, 0.15) is 19.3 Å². The number of esters is 1. The normalized spacial score (nSPS) is 14.0. The third kappa shape index (κ3) is 58.2. The quantitative estimate of drug-likeness (QED) is 0.0212. The molecule has 0 heterocycles. The van der Waals surface area contributed by atoms with Crippen LogP contribution in [0.5, 0.6) is 0 Å². The number of hydrogen-bond donors (Lipinski definition) is 1. The minimum Gasteiger partial charge on any atom is -0.756 e. The Hall–Kier alpha value is -2.29. The van der Waals surface area contributed by atoms with Crippen molar-refractivity contribution in [1.29, 1.82) is 0 Å². The number of allylic oxidation sites excluding steroid dienone is 9. The monoisotopic (exact) mass is 1100 g/mol. The first-order valence-electron chi connectivity index (χ1n) is 32.6. The summed E-state index contributed by atoms with van der Waals surface area (Å²) in [6.07, 6.45) is 71.9. The molecular weight excluding hydrogens is 976 g/mol. The van der Waals surface area contributed by atoms with Crippen molar-refractivity contribution in [2.75, 3.05) is 40.9 Å². The van der Waals surface area contributed by atoms with E-state index in [4.69, 9.17) is 13.8 Å². The maximum Gasteiger partial charge on any atom is 0.306 e. The van der Waals surface area contributed by atoms with Gasteiger partial charge in [-0.2, -0.15) is 0 Å². The lowest BCUT2D eigenvalue weighted by atomic mass is 10.0. The molecule has 3 unspecified atom stereocenters. The minimum atomic E-state index is -4.70. The van der Waals surface area contributed by atoms with Crippen LogP contribution in [0.25, 0.3) is 0 Å². The predicted molar refractivity (Wildman–Crippen MR) is 330 cm³/mol. The molecule has 0 rings (SSSR count). The lowest BCUT2D eigenvalue weighted by Crippen LogP contribution is -2.47. The Labute approximate surface area is 477 Å². The number of carbonyl (C=O) groups excluding carboxylic acids is 2. The minimum absolute atomic E-state index is 0.0237. The van der Waals surface area contributed by atoms with Crippen LogP contribution in [0.3, 0.4) is 0 Å². The van der Waals surface area contributed by atoms with Crippen molar-refractivity contribution in [3.05, 3.63) is 60.8 Å². The Morgan fingerprint density at radius 3 is 1.23 bits per heavy atom. The van der Waals surface area contributed by atoms with E-state index in [0.29, 0.717) is 17.4 Å². The highest BCUT2D eigenvalue weighted by Crippen LogP contribution is 2.38. The molecule has 0 aliphatic carbocycles. The van der Waals surface area contributed by atoms with Gasteiger partial charge >= 0.3 is 5.97 Å². The highest BCUT2D eigenvalue weighted by Gasteiger charge is 2.27. The highest BCUT2D eigenvalue weighted by molar-refractivity contribution is 7.45. The number of ether oxygens (including phenoxy) is 1. The van der Waals surface area contributed by atoms with Crippen LogP contribution in [-0.4, -0.2) is 69.4 Å². The van der Waals surface area contributed by atoms with Gasteiger partial charge in [-0.15, -0.1) is 0 Å². The molecule has 0 aliphatic rings. The SMILES string of the molecule is CCCCC/C=C\C/C=C\C/C=C\CCCCCCCCCCCCCCC(=O)OC(/C=C\CCCCCCCCCCC)C(COP(=O)([O-])OCC[N+](C)(C)C)NC(=O)CCCCCCCCC/C=C\CCCCCC. The summed E-state index contributed by atoms with van der Waals surface area (Å²) in [4.78, 5) is 40.0. The average molecular weight is 1100 g/mol. The third-order valence-electron chi connectivity index (χ3n) is 14.4. The molecule has 0 radical (unpaired) electrons. The number of rotatable bonds is 59. The number of phosphoric ester groups is 1. The molecule has 9 nitrogen and oxygen atoms in total. The van der Waals surface area contributed by atoms with E-state index in [1.165, 1.54) is 186 Å². The van der Waals surface area contributed by atoms with Crippen LogP contribution >= 0.6 is 7.82 Å². The van der Waals surface area contributed by atoms with Crippen LogP contribution in [0.4, 0.5) is 0 Å². The van der Waals surface area contributed by atoms with Crippen molar-refractivity contribution in [1.82, 2.24) is 5.32 Å². The Morgan fingerprint density at radius 2 is 0.792 bits per heavy atom. The maximum absolute atomic E-state index is 13.5. The highest BCUT2D eigenvalue weighted by atomic mass is 31.2. The van der Waals surface area contributed by atoms with Crippen LogP contribution < -0.4 is 10.2 Å². The second-order valence-electron chi connectivity index (χ2n) is 23.3. The Kier molecular flexibility index (Phi) is 55.3. The Bertz CT molecular complexity index is 1500. The molecule has 0 fully saturated rings. The van der Waals surface area contributed by atoms with Gasteiger partial charge in [-0.3, -0.25) is 14.2 Å². The molecule has 3 atom stereocenters. The lowest BCUT2D eigenvalue weighted by Gasteiger charge is -2.30. The molecule has 0 saturated carbocycles. The van der Waals surface area contributed by atoms with Crippen LogP contribution in [0.2, 0.25) is 0 Å². The standard InChI is InChI=1S/C67H125N2O7P/c1-7-10-13-16-19-22-25-27-29-30-31-32-33-34-35-36-37-38-40-42-45-48-51-54-57-60-67(71)76-65(58-55-52-49-46-43-24-21-18-15-12-9-3)64(63-75-77(72,73)74-62-61-69(4,5)6)68-66(70)59-56-53-50-47-44-41-39-28-26-23-20-17-14-11-8-2/h19,22-23,26-27,29,31-32,55,58,64-65H,7-18,20-21,24-25,28,30,33-54,56-57,59-63H2,1-6H3,(H-,68,70,72,73)/b22-19-,26-23-,29-27-,32-31-,58-55-. The number of likely N-dealkylation sites (N-methyl/N-ethyl adjacent to an activating group) is 1. The zero-order chi connectivity index (χ0) is 56.4. The number of carbonyl (C=O) groups is 2. The largest absolute Gasteiger partial charge is 0.756 e.